The van der Waals surface area contributed by atoms with Crippen LogP contribution in [-0.4, -0.2) is 71.3 Å². The maximum absolute atomic E-state index is 11.2. The van der Waals surface area contributed by atoms with Gasteiger partial charge in [-0.2, -0.15) is 0 Å². The minimum Gasteiger partial charge on any atom is -0.464 e. The minimum atomic E-state index is -0.508. The average molecular weight is 424 g/mol. The molecule has 0 radical (unpaired) electrons. The highest BCUT2D eigenvalue weighted by atomic mass is 127. The van der Waals surface area contributed by atoms with E-state index in [0.717, 1.165) is 13.1 Å². The van der Waals surface area contributed by atoms with Crippen LogP contribution in [0.2, 0.25) is 0 Å². The van der Waals surface area contributed by atoms with E-state index in [1.807, 2.05) is 11.8 Å². The van der Waals surface area contributed by atoms with Gasteiger partial charge in [0.15, 0.2) is 11.7 Å². The number of carbonyl (C=O) groups excluding carboxylic acids is 1. The first-order valence-corrected chi connectivity index (χ1v) is 6.75. The van der Waals surface area contributed by atoms with Gasteiger partial charge in [-0.15, -0.1) is 29.1 Å². The molecule has 22 heavy (non-hydrogen) atoms. The topological polar surface area (TPSA) is 108 Å². The van der Waals surface area contributed by atoms with Crippen LogP contribution in [-0.2, 0) is 16.0 Å². The molecule has 1 atom stereocenters. The molecule has 1 aliphatic rings. The van der Waals surface area contributed by atoms with Crippen LogP contribution in [0.5, 0.6) is 0 Å². The molecule has 0 bridgehead atoms. The summed E-state index contributed by atoms with van der Waals surface area (Å²) >= 11 is 0. The SMILES string of the molecule is COC(=O)c1cn(CCN=C(N)N2CCOC(C)C2)nn1.I. The Bertz CT molecular complexity index is 521. The number of guanidine groups is 1. The Kier molecular flexibility index (Phi) is 7.51. The molecule has 0 saturated carbocycles. The summed E-state index contributed by atoms with van der Waals surface area (Å²) in [5.74, 6) is -0.00924. The van der Waals surface area contributed by atoms with E-state index in [1.165, 1.54) is 18.0 Å². The van der Waals surface area contributed by atoms with E-state index < -0.39 is 5.97 Å². The zero-order chi connectivity index (χ0) is 15.2. The first kappa shape index (κ1) is 18.6. The van der Waals surface area contributed by atoms with Gasteiger partial charge in [0.25, 0.3) is 0 Å². The molecule has 0 aromatic carbocycles. The number of hydrogen-bond acceptors (Lipinski definition) is 6. The number of nitrogens with two attached hydrogens (primary N) is 1. The maximum Gasteiger partial charge on any atom is 0.360 e. The number of carbonyl (C=O) groups is 1. The predicted octanol–water partition coefficient (Wildman–Crippen LogP) is -0.282. The predicted molar refractivity (Wildman–Crippen MR) is 90.3 cm³/mol. The van der Waals surface area contributed by atoms with Crippen LogP contribution in [0.3, 0.4) is 0 Å². The number of hydrogen-bond donors (Lipinski definition) is 1. The molecule has 10 heteroatoms. The first-order chi connectivity index (χ1) is 10.1. The zero-order valence-electron chi connectivity index (χ0n) is 12.6. The van der Waals surface area contributed by atoms with E-state index >= 15 is 0 Å². The highest BCUT2D eigenvalue weighted by Crippen LogP contribution is 2.03. The highest BCUT2D eigenvalue weighted by Gasteiger charge is 2.17. The molecule has 1 aromatic rings. The summed E-state index contributed by atoms with van der Waals surface area (Å²) in [6.45, 7) is 5.10. The summed E-state index contributed by atoms with van der Waals surface area (Å²) in [6.07, 6.45) is 1.68. The van der Waals surface area contributed by atoms with Crippen molar-refractivity contribution in [2.45, 2.75) is 19.6 Å². The minimum absolute atomic E-state index is 0. The van der Waals surface area contributed by atoms with Crippen LogP contribution in [0, 0.1) is 0 Å². The molecule has 1 aliphatic heterocycles. The molecule has 2 N–H and O–H groups in total. The fraction of sp³-hybridized carbons (Fsp3) is 0.667. The van der Waals surface area contributed by atoms with Crippen molar-refractivity contribution in [1.82, 2.24) is 19.9 Å². The Morgan fingerprint density at radius 3 is 3.09 bits per heavy atom. The van der Waals surface area contributed by atoms with Crippen LogP contribution in [0.1, 0.15) is 17.4 Å². The second-order valence-electron chi connectivity index (χ2n) is 4.73. The van der Waals surface area contributed by atoms with Crippen LogP contribution < -0.4 is 5.73 Å². The maximum atomic E-state index is 11.2. The van der Waals surface area contributed by atoms with Gasteiger partial charge in [-0.3, -0.25) is 4.99 Å². The van der Waals surface area contributed by atoms with E-state index in [0.29, 0.717) is 25.7 Å². The zero-order valence-corrected chi connectivity index (χ0v) is 15.0. The third-order valence-corrected chi connectivity index (χ3v) is 3.10. The van der Waals surface area contributed by atoms with Gasteiger partial charge >= 0.3 is 5.97 Å². The molecule has 0 spiro atoms. The van der Waals surface area contributed by atoms with E-state index in [-0.39, 0.29) is 35.8 Å². The fourth-order valence-electron chi connectivity index (χ4n) is 2.00. The van der Waals surface area contributed by atoms with Gasteiger partial charge in [0.1, 0.15) is 0 Å². The van der Waals surface area contributed by atoms with Crippen molar-refractivity contribution in [3.63, 3.8) is 0 Å². The summed E-state index contributed by atoms with van der Waals surface area (Å²) in [5.41, 5.74) is 6.13. The summed E-state index contributed by atoms with van der Waals surface area (Å²) in [4.78, 5) is 17.5. The van der Waals surface area contributed by atoms with Crippen molar-refractivity contribution in [3.05, 3.63) is 11.9 Å². The Morgan fingerprint density at radius 2 is 2.41 bits per heavy atom. The number of esters is 1. The van der Waals surface area contributed by atoms with Crippen LogP contribution >= 0.6 is 24.0 Å². The Hall–Kier alpha value is -1.43. The van der Waals surface area contributed by atoms with Gasteiger partial charge in [-0.05, 0) is 6.92 Å². The Balaban J connectivity index is 0.00000242. The van der Waals surface area contributed by atoms with Crippen molar-refractivity contribution in [1.29, 1.82) is 0 Å². The fourth-order valence-corrected chi connectivity index (χ4v) is 2.00. The van der Waals surface area contributed by atoms with Gasteiger partial charge in [0.05, 0.1) is 39.1 Å². The van der Waals surface area contributed by atoms with Crippen LogP contribution in [0.4, 0.5) is 0 Å². The summed E-state index contributed by atoms with van der Waals surface area (Å²) in [6, 6.07) is 0. The quantitative estimate of drug-likeness (QED) is 0.307. The lowest BCUT2D eigenvalue weighted by atomic mass is 10.3. The third kappa shape index (κ3) is 5.09. The monoisotopic (exact) mass is 424 g/mol. The Morgan fingerprint density at radius 1 is 1.64 bits per heavy atom. The van der Waals surface area contributed by atoms with Gasteiger partial charge in [-0.1, -0.05) is 5.21 Å². The van der Waals surface area contributed by atoms with Crippen molar-refractivity contribution in [2.24, 2.45) is 10.7 Å². The number of nitrogens with zero attached hydrogens (tertiary/aromatic N) is 5. The molecule has 1 fully saturated rings. The lowest BCUT2D eigenvalue weighted by Gasteiger charge is -2.31. The molecular weight excluding hydrogens is 403 g/mol. The average Bonchev–Trinajstić information content (AvgIpc) is 2.95. The molecule has 2 rings (SSSR count). The number of rotatable bonds is 4. The molecule has 0 amide bonds. The van der Waals surface area contributed by atoms with Crippen molar-refractivity contribution in [3.8, 4) is 0 Å². The molecular formula is C12H21IN6O3. The van der Waals surface area contributed by atoms with Crippen molar-refractivity contribution in [2.75, 3.05) is 33.4 Å². The third-order valence-electron chi connectivity index (χ3n) is 3.10. The van der Waals surface area contributed by atoms with E-state index in [4.69, 9.17) is 10.5 Å². The van der Waals surface area contributed by atoms with Crippen LogP contribution in [0.25, 0.3) is 0 Å². The summed E-state index contributed by atoms with van der Waals surface area (Å²) in [5, 5.41) is 7.55. The normalized spacial score (nSPS) is 18.7. The van der Waals surface area contributed by atoms with Gasteiger partial charge < -0.3 is 20.1 Å². The number of methoxy groups -OCH3 is 1. The molecule has 1 aromatic heterocycles. The van der Waals surface area contributed by atoms with Crippen LogP contribution in [0.15, 0.2) is 11.2 Å². The van der Waals surface area contributed by atoms with Crippen molar-refractivity contribution < 1.29 is 14.3 Å². The summed E-state index contributed by atoms with van der Waals surface area (Å²) < 4.78 is 11.5. The second kappa shape index (κ2) is 8.88. The number of ether oxygens (including phenoxy) is 2. The van der Waals surface area contributed by atoms with E-state index in [2.05, 4.69) is 20.0 Å². The van der Waals surface area contributed by atoms with Gasteiger partial charge in [-0.25, -0.2) is 9.48 Å². The largest absolute Gasteiger partial charge is 0.464 e. The molecule has 9 nitrogen and oxygen atoms in total. The van der Waals surface area contributed by atoms with Gasteiger partial charge in [0, 0.05) is 13.1 Å². The number of halogens is 1. The summed E-state index contributed by atoms with van der Waals surface area (Å²) in [7, 11) is 1.30. The van der Waals surface area contributed by atoms with E-state index in [1.54, 1.807) is 0 Å². The first-order valence-electron chi connectivity index (χ1n) is 6.75. The molecule has 2 heterocycles. The highest BCUT2D eigenvalue weighted by molar-refractivity contribution is 14.0. The molecule has 0 aliphatic carbocycles. The second-order valence-corrected chi connectivity index (χ2v) is 4.73. The smallest absolute Gasteiger partial charge is 0.360 e. The lowest BCUT2D eigenvalue weighted by Crippen LogP contribution is -2.48. The molecule has 124 valence electrons. The molecule has 1 unspecified atom stereocenters. The van der Waals surface area contributed by atoms with Crippen molar-refractivity contribution >= 4 is 35.9 Å². The number of aliphatic imine (C=N–C) groups is 1. The Labute approximate surface area is 145 Å². The van der Waals surface area contributed by atoms with Gasteiger partial charge in [0.2, 0.25) is 0 Å². The lowest BCUT2D eigenvalue weighted by molar-refractivity contribution is 0.00529. The van der Waals surface area contributed by atoms with E-state index in [9.17, 15) is 4.79 Å². The standard InChI is InChI=1S/C12H20N6O3.HI/c1-9-7-17(5-6-21-9)12(13)14-3-4-18-8-10(15-16-18)11(19)20-2;/h8-9H,3-7H2,1-2H3,(H2,13,14);1H. The molecule has 1 saturated heterocycles. The number of morpholine rings is 1. The number of aromatic nitrogens is 3.